The van der Waals surface area contributed by atoms with Crippen molar-refractivity contribution in [2.75, 3.05) is 6.54 Å². The lowest BCUT2D eigenvalue weighted by atomic mass is 9.84. The molecule has 0 saturated carbocycles. The lowest BCUT2D eigenvalue weighted by Gasteiger charge is -2.37. The first kappa shape index (κ1) is 14.7. The Hall–Kier alpha value is -1.66. The summed E-state index contributed by atoms with van der Waals surface area (Å²) in [5.41, 5.74) is -0.627. The molecule has 2 heterocycles. The summed E-state index contributed by atoms with van der Waals surface area (Å²) in [6, 6.07) is -0.192. The first-order chi connectivity index (χ1) is 9.47. The minimum atomic E-state index is -0.627. The van der Waals surface area contributed by atoms with Gasteiger partial charge in [-0.3, -0.25) is 9.59 Å². The molecule has 2 aliphatic heterocycles. The number of likely N-dealkylation sites (tertiary alicyclic amines) is 1. The van der Waals surface area contributed by atoms with Gasteiger partial charge in [0.05, 0.1) is 6.04 Å². The summed E-state index contributed by atoms with van der Waals surface area (Å²) >= 11 is 0. The molecular formula is C13H21N5O2. The third-order valence-corrected chi connectivity index (χ3v) is 4.23. The van der Waals surface area contributed by atoms with Gasteiger partial charge in [0.25, 0.3) is 5.91 Å². The number of rotatable bonds is 4. The highest BCUT2D eigenvalue weighted by molar-refractivity contribution is 6.38. The molecule has 110 valence electrons. The van der Waals surface area contributed by atoms with E-state index in [0.717, 1.165) is 19.3 Å². The average Bonchev–Trinajstić information content (AvgIpc) is 2.99. The van der Waals surface area contributed by atoms with Crippen molar-refractivity contribution in [1.82, 2.24) is 4.90 Å². The second-order valence-electron chi connectivity index (χ2n) is 5.95. The van der Waals surface area contributed by atoms with Gasteiger partial charge in [-0.1, -0.05) is 20.8 Å². The van der Waals surface area contributed by atoms with Crippen LogP contribution < -0.4 is 0 Å². The molecule has 0 spiro atoms. The highest BCUT2D eigenvalue weighted by atomic mass is 16.2. The summed E-state index contributed by atoms with van der Waals surface area (Å²) in [7, 11) is 0. The molecular weight excluding hydrogens is 258 g/mol. The maximum atomic E-state index is 12.5. The molecule has 2 rings (SSSR count). The Balaban J connectivity index is 2.15. The van der Waals surface area contributed by atoms with E-state index in [-0.39, 0.29) is 11.8 Å². The van der Waals surface area contributed by atoms with Gasteiger partial charge in [0.1, 0.15) is 0 Å². The Labute approximate surface area is 118 Å². The fourth-order valence-electron chi connectivity index (χ4n) is 2.43. The Bertz CT molecular complexity index is 446. The van der Waals surface area contributed by atoms with Crippen LogP contribution in [0.15, 0.2) is 20.7 Å². The van der Waals surface area contributed by atoms with Gasteiger partial charge in [0.2, 0.25) is 11.9 Å². The maximum absolute atomic E-state index is 12.5. The van der Waals surface area contributed by atoms with Crippen LogP contribution in [0.5, 0.6) is 0 Å². The number of Topliss-reactive ketones (excluding diaryl/α,β-unsaturated/α-hetero) is 1. The number of hydrogen-bond acceptors (Lipinski definition) is 6. The van der Waals surface area contributed by atoms with Crippen LogP contribution >= 0.6 is 0 Å². The van der Waals surface area contributed by atoms with Crippen molar-refractivity contribution >= 4 is 11.7 Å². The van der Waals surface area contributed by atoms with Gasteiger partial charge in [0, 0.05) is 12.0 Å². The molecule has 1 saturated heterocycles. The first-order valence-corrected chi connectivity index (χ1v) is 7.12. The van der Waals surface area contributed by atoms with Crippen LogP contribution in [0, 0.1) is 5.41 Å². The van der Waals surface area contributed by atoms with E-state index in [0.29, 0.717) is 13.0 Å². The second kappa shape index (κ2) is 5.76. The molecule has 2 aliphatic rings. The molecule has 0 aromatic heterocycles. The smallest absolute Gasteiger partial charge is 0.290 e. The second-order valence-corrected chi connectivity index (χ2v) is 5.95. The Morgan fingerprint density at radius 1 is 1.20 bits per heavy atom. The average molecular weight is 279 g/mol. The van der Waals surface area contributed by atoms with Crippen LogP contribution in [-0.2, 0) is 9.59 Å². The molecule has 1 unspecified atom stereocenters. The van der Waals surface area contributed by atoms with E-state index >= 15 is 0 Å². The maximum Gasteiger partial charge on any atom is 0.290 e. The molecule has 0 aromatic rings. The van der Waals surface area contributed by atoms with Crippen molar-refractivity contribution in [3.63, 3.8) is 0 Å². The van der Waals surface area contributed by atoms with Gasteiger partial charge in [-0.05, 0) is 36.1 Å². The summed E-state index contributed by atoms with van der Waals surface area (Å²) in [5, 5.41) is 14.8. The van der Waals surface area contributed by atoms with Gasteiger partial charge >= 0.3 is 0 Å². The molecule has 0 radical (unpaired) electrons. The summed E-state index contributed by atoms with van der Waals surface area (Å²) in [4.78, 5) is 26.5. The largest absolute Gasteiger partial charge is 0.329 e. The monoisotopic (exact) mass is 279 g/mol. The molecule has 20 heavy (non-hydrogen) atoms. The number of hydrogen-bond donors (Lipinski definition) is 0. The molecule has 7 nitrogen and oxygen atoms in total. The van der Waals surface area contributed by atoms with E-state index in [9.17, 15) is 9.59 Å². The summed E-state index contributed by atoms with van der Waals surface area (Å²) < 4.78 is 0. The normalized spacial score (nSPS) is 23.4. The van der Waals surface area contributed by atoms with E-state index in [1.165, 1.54) is 0 Å². The number of ketones is 1. The minimum absolute atomic E-state index is 0.192. The van der Waals surface area contributed by atoms with Crippen molar-refractivity contribution in [3.05, 3.63) is 0 Å². The van der Waals surface area contributed by atoms with Crippen LogP contribution in [0.2, 0.25) is 0 Å². The zero-order valence-electron chi connectivity index (χ0n) is 12.2. The molecule has 1 fully saturated rings. The molecule has 1 amide bonds. The van der Waals surface area contributed by atoms with E-state index in [2.05, 4.69) is 20.7 Å². The van der Waals surface area contributed by atoms with Crippen molar-refractivity contribution in [2.45, 2.75) is 58.7 Å². The van der Waals surface area contributed by atoms with Gasteiger partial charge in [0.15, 0.2) is 0 Å². The zero-order valence-corrected chi connectivity index (χ0v) is 12.2. The van der Waals surface area contributed by atoms with Crippen LogP contribution in [0.3, 0.4) is 0 Å². The van der Waals surface area contributed by atoms with Crippen molar-refractivity contribution in [3.8, 4) is 0 Å². The van der Waals surface area contributed by atoms with Crippen LogP contribution in [0.4, 0.5) is 0 Å². The van der Waals surface area contributed by atoms with E-state index < -0.39 is 17.5 Å². The fraction of sp³-hybridized carbons (Fsp3) is 0.846. The molecule has 0 N–H and O–H groups in total. The summed E-state index contributed by atoms with van der Waals surface area (Å²) in [6.07, 6.45) is 2.88. The van der Waals surface area contributed by atoms with Crippen LogP contribution in [0.25, 0.3) is 0 Å². The number of carbonyl (C=O) groups excluding carboxylic acids is 2. The molecule has 0 bridgehead atoms. The van der Waals surface area contributed by atoms with Crippen LogP contribution in [-0.4, -0.2) is 35.3 Å². The third kappa shape index (κ3) is 2.76. The lowest BCUT2D eigenvalue weighted by Crippen LogP contribution is -2.52. The SMILES string of the molecule is CCC(C)(C)C(=O)C(=O)N1CCCCC1C1N=NN=N1. The fourth-order valence-corrected chi connectivity index (χ4v) is 2.43. The quantitative estimate of drug-likeness (QED) is 0.740. The number of piperidine rings is 1. The summed E-state index contributed by atoms with van der Waals surface area (Å²) in [5.74, 6) is -0.752. The molecule has 0 aromatic carbocycles. The van der Waals surface area contributed by atoms with Gasteiger partial charge < -0.3 is 4.90 Å². The minimum Gasteiger partial charge on any atom is -0.329 e. The van der Waals surface area contributed by atoms with Crippen molar-refractivity contribution in [2.24, 2.45) is 26.1 Å². The van der Waals surface area contributed by atoms with Crippen molar-refractivity contribution < 1.29 is 9.59 Å². The molecule has 0 aliphatic carbocycles. The van der Waals surface area contributed by atoms with E-state index in [4.69, 9.17) is 0 Å². The predicted molar refractivity (Wildman–Crippen MR) is 71.9 cm³/mol. The lowest BCUT2D eigenvalue weighted by molar-refractivity contribution is -0.152. The summed E-state index contributed by atoms with van der Waals surface area (Å²) in [6.45, 7) is 6.11. The van der Waals surface area contributed by atoms with Gasteiger partial charge in [-0.25, -0.2) is 0 Å². The van der Waals surface area contributed by atoms with Crippen molar-refractivity contribution in [1.29, 1.82) is 0 Å². The number of amides is 1. The topological polar surface area (TPSA) is 86.8 Å². The Kier molecular flexibility index (Phi) is 4.25. The first-order valence-electron chi connectivity index (χ1n) is 7.12. The van der Waals surface area contributed by atoms with E-state index in [1.54, 1.807) is 18.7 Å². The number of nitrogens with zero attached hydrogens (tertiary/aromatic N) is 5. The zero-order chi connectivity index (χ0) is 14.8. The molecule has 1 atom stereocenters. The Morgan fingerprint density at radius 3 is 2.45 bits per heavy atom. The highest BCUT2D eigenvalue weighted by Crippen LogP contribution is 2.28. The third-order valence-electron chi connectivity index (χ3n) is 4.23. The number of carbonyl (C=O) groups is 2. The standard InChI is InChI=1S/C13H21N5O2/c1-4-13(2,3)10(19)12(20)18-8-6-5-7-9(18)11-14-16-17-15-11/h9,11H,4-8H2,1-3H3. The van der Waals surface area contributed by atoms with Gasteiger partial charge in [-0.15, -0.1) is 10.2 Å². The van der Waals surface area contributed by atoms with Crippen LogP contribution in [0.1, 0.15) is 46.5 Å². The highest BCUT2D eigenvalue weighted by Gasteiger charge is 2.40. The molecule has 7 heteroatoms. The Morgan fingerprint density at radius 2 is 1.85 bits per heavy atom. The van der Waals surface area contributed by atoms with Gasteiger partial charge in [-0.2, -0.15) is 0 Å². The predicted octanol–water partition coefficient (Wildman–Crippen LogP) is 2.53. The van der Waals surface area contributed by atoms with E-state index in [1.807, 2.05) is 6.92 Å².